The maximum Gasteiger partial charge on any atom is 0.270 e. The minimum atomic E-state index is -0.316. The lowest BCUT2D eigenvalue weighted by Gasteiger charge is -2.34. The molecule has 3 rings (SSSR count). The van der Waals surface area contributed by atoms with Gasteiger partial charge in [-0.2, -0.15) is 0 Å². The fourth-order valence-corrected chi connectivity index (χ4v) is 2.90. The number of nitrogens with one attached hydrogen (secondary N) is 1. The predicted octanol–water partition coefficient (Wildman–Crippen LogP) is 1.92. The molecule has 0 saturated carbocycles. The first-order valence-corrected chi connectivity index (χ1v) is 7.30. The number of nitrogens with zero attached hydrogens (tertiary/aromatic N) is 2. The minimum absolute atomic E-state index is 0.0318. The first-order chi connectivity index (χ1) is 10.5. The zero-order valence-corrected chi connectivity index (χ0v) is 12.6. The van der Waals surface area contributed by atoms with Gasteiger partial charge in [0, 0.05) is 44.0 Å². The second kappa shape index (κ2) is 5.44. The van der Waals surface area contributed by atoms with Crippen LogP contribution in [0.15, 0.2) is 18.2 Å². The van der Waals surface area contributed by atoms with Gasteiger partial charge >= 0.3 is 0 Å². The van der Waals surface area contributed by atoms with Gasteiger partial charge in [-0.25, -0.2) is 4.39 Å². The molecule has 2 amide bonds. The number of aromatic nitrogens is 1. The zero-order valence-electron chi connectivity index (χ0n) is 12.6. The quantitative estimate of drug-likeness (QED) is 0.875. The Morgan fingerprint density at radius 2 is 1.77 bits per heavy atom. The third kappa shape index (κ3) is 2.45. The molecule has 1 aliphatic heterocycles. The van der Waals surface area contributed by atoms with E-state index in [2.05, 4.69) is 4.98 Å². The summed E-state index contributed by atoms with van der Waals surface area (Å²) < 4.78 is 13.4. The molecule has 1 saturated heterocycles. The summed E-state index contributed by atoms with van der Waals surface area (Å²) in [6.07, 6.45) is 0. The number of aryl methyl sites for hydroxylation is 1. The SMILES string of the molecule is CC(=O)N1CCN(C(=O)c2[nH]c3ccc(F)cc3c2C)CC1. The molecule has 1 aromatic carbocycles. The molecule has 0 atom stereocenters. The number of H-pyrrole nitrogens is 1. The number of aromatic amines is 1. The molecule has 0 unspecified atom stereocenters. The van der Waals surface area contributed by atoms with Gasteiger partial charge in [0.25, 0.3) is 5.91 Å². The molecular formula is C16H18FN3O2. The van der Waals surface area contributed by atoms with E-state index in [1.54, 1.807) is 15.9 Å². The Morgan fingerprint density at radius 1 is 1.14 bits per heavy atom. The number of piperazine rings is 1. The Labute approximate surface area is 127 Å². The molecule has 116 valence electrons. The van der Waals surface area contributed by atoms with Crippen LogP contribution in [0.1, 0.15) is 23.0 Å². The van der Waals surface area contributed by atoms with Crippen LogP contribution < -0.4 is 0 Å². The number of halogens is 1. The summed E-state index contributed by atoms with van der Waals surface area (Å²) in [4.78, 5) is 30.5. The van der Waals surface area contributed by atoms with Crippen molar-refractivity contribution in [3.05, 3.63) is 35.3 Å². The van der Waals surface area contributed by atoms with Crippen LogP contribution in [0, 0.1) is 12.7 Å². The standard InChI is InChI=1S/C16H18FN3O2/c1-10-13-9-12(17)3-4-14(13)18-15(10)16(22)20-7-5-19(6-8-20)11(2)21/h3-4,9,18H,5-8H2,1-2H3. The van der Waals surface area contributed by atoms with Crippen molar-refractivity contribution in [1.82, 2.24) is 14.8 Å². The molecule has 1 fully saturated rings. The molecule has 1 N–H and O–H groups in total. The maximum absolute atomic E-state index is 13.4. The van der Waals surface area contributed by atoms with Crippen molar-refractivity contribution in [2.24, 2.45) is 0 Å². The fraction of sp³-hybridized carbons (Fsp3) is 0.375. The van der Waals surface area contributed by atoms with Crippen LogP contribution in [0.5, 0.6) is 0 Å². The number of rotatable bonds is 1. The molecule has 5 nitrogen and oxygen atoms in total. The highest BCUT2D eigenvalue weighted by Gasteiger charge is 2.25. The second-order valence-electron chi connectivity index (χ2n) is 5.61. The number of carbonyl (C=O) groups is 2. The lowest BCUT2D eigenvalue weighted by Crippen LogP contribution is -2.50. The monoisotopic (exact) mass is 303 g/mol. The summed E-state index contributed by atoms with van der Waals surface area (Å²) >= 11 is 0. The topological polar surface area (TPSA) is 56.4 Å². The molecule has 2 heterocycles. The first kappa shape index (κ1) is 14.6. The van der Waals surface area contributed by atoms with Crippen molar-refractivity contribution in [2.75, 3.05) is 26.2 Å². The summed E-state index contributed by atoms with van der Waals surface area (Å²) in [6.45, 7) is 5.48. The third-order valence-corrected chi connectivity index (χ3v) is 4.25. The molecule has 0 spiro atoms. The normalized spacial score (nSPS) is 15.4. The fourth-order valence-electron chi connectivity index (χ4n) is 2.90. The van der Waals surface area contributed by atoms with E-state index in [1.165, 1.54) is 19.1 Å². The van der Waals surface area contributed by atoms with Gasteiger partial charge in [-0.1, -0.05) is 0 Å². The number of hydrogen-bond donors (Lipinski definition) is 1. The lowest BCUT2D eigenvalue weighted by molar-refractivity contribution is -0.130. The number of benzene rings is 1. The molecule has 1 aliphatic rings. The van der Waals surface area contributed by atoms with Gasteiger partial charge in [0.15, 0.2) is 0 Å². The van der Waals surface area contributed by atoms with Gasteiger partial charge in [-0.3, -0.25) is 9.59 Å². The van der Waals surface area contributed by atoms with Crippen molar-refractivity contribution in [2.45, 2.75) is 13.8 Å². The van der Waals surface area contributed by atoms with Gasteiger partial charge in [-0.15, -0.1) is 0 Å². The molecule has 0 bridgehead atoms. The van der Waals surface area contributed by atoms with Crippen LogP contribution in [0.4, 0.5) is 4.39 Å². The Balaban J connectivity index is 1.84. The number of carbonyl (C=O) groups excluding carboxylic acids is 2. The Bertz CT molecular complexity index is 745. The molecular weight excluding hydrogens is 285 g/mol. The summed E-state index contributed by atoms with van der Waals surface area (Å²) in [5.74, 6) is -0.384. The van der Waals surface area contributed by atoms with Crippen LogP contribution >= 0.6 is 0 Å². The summed E-state index contributed by atoms with van der Waals surface area (Å²) in [5, 5.41) is 0.728. The number of hydrogen-bond acceptors (Lipinski definition) is 2. The van der Waals surface area contributed by atoms with Gasteiger partial charge < -0.3 is 14.8 Å². The highest BCUT2D eigenvalue weighted by molar-refractivity contribution is 6.01. The Hall–Kier alpha value is -2.37. The van der Waals surface area contributed by atoms with Crippen LogP contribution in [0.25, 0.3) is 10.9 Å². The van der Waals surface area contributed by atoms with Crippen molar-refractivity contribution >= 4 is 22.7 Å². The van der Waals surface area contributed by atoms with Crippen LogP contribution in [0.2, 0.25) is 0 Å². The lowest BCUT2D eigenvalue weighted by atomic mass is 10.1. The van der Waals surface area contributed by atoms with Gasteiger partial charge in [0.1, 0.15) is 11.5 Å². The van der Waals surface area contributed by atoms with Gasteiger partial charge in [0.05, 0.1) is 0 Å². The molecule has 0 radical (unpaired) electrons. The van der Waals surface area contributed by atoms with E-state index in [9.17, 15) is 14.0 Å². The van der Waals surface area contributed by atoms with Crippen LogP contribution in [-0.2, 0) is 4.79 Å². The van der Waals surface area contributed by atoms with E-state index in [-0.39, 0.29) is 17.6 Å². The van der Waals surface area contributed by atoms with E-state index in [0.29, 0.717) is 31.9 Å². The van der Waals surface area contributed by atoms with Gasteiger partial charge in [-0.05, 0) is 30.7 Å². The van der Waals surface area contributed by atoms with Crippen LogP contribution in [-0.4, -0.2) is 52.8 Å². The smallest absolute Gasteiger partial charge is 0.270 e. The minimum Gasteiger partial charge on any atom is -0.350 e. The average Bonchev–Trinajstić information content (AvgIpc) is 2.83. The third-order valence-electron chi connectivity index (χ3n) is 4.25. The van der Waals surface area contributed by atoms with Crippen molar-refractivity contribution in [3.8, 4) is 0 Å². The first-order valence-electron chi connectivity index (χ1n) is 7.30. The highest BCUT2D eigenvalue weighted by atomic mass is 19.1. The number of amides is 2. The van der Waals surface area contributed by atoms with Crippen molar-refractivity contribution < 1.29 is 14.0 Å². The summed E-state index contributed by atoms with van der Waals surface area (Å²) in [7, 11) is 0. The number of fused-ring (bicyclic) bond motifs is 1. The second-order valence-corrected chi connectivity index (χ2v) is 5.61. The molecule has 2 aromatic rings. The van der Waals surface area contributed by atoms with E-state index >= 15 is 0 Å². The van der Waals surface area contributed by atoms with E-state index in [4.69, 9.17) is 0 Å². The highest BCUT2D eigenvalue weighted by Crippen LogP contribution is 2.24. The van der Waals surface area contributed by atoms with Gasteiger partial charge in [0.2, 0.25) is 5.91 Å². The van der Waals surface area contributed by atoms with E-state index in [0.717, 1.165) is 16.5 Å². The molecule has 22 heavy (non-hydrogen) atoms. The molecule has 0 aliphatic carbocycles. The van der Waals surface area contributed by atoms with Crippen molar-refractivity contribution in [1.29, 1.82) is 0 Å². The maximum atomic E-state index is 13.4. The summed E-state index contributed by atoms with van der Waals surface area (Å²) in [5.41, 5.74) is 2.01. The molecule has 1 aromatic heterocycles. The summed E-state index contributed by atoms with van der Waals surface area (Å²) in [6, 6.07) is 4.45. The van der Waals surface area contributed by atoms with E-state index < -0.39 is 0 Å². The largest absolute Gasteiger partial charge is 0.350 e. The van der Waals surface area contributed by atoms with E-state index in [1.807, 2.05) is 6.92 Å². The zero-order chi connectivity index (χ0) is 15.9. The Kier molecular flexibility index (Phi) is 3.60. The van der Waals surface area contributed by atoms with Crippen molar-refractivity contribution in [3.63, 3.8) is 0 Å². The molecule has 6 heteroatoms. The average molecular weight is 303 g/mol. The predicted molar refractivity (Wildman–Crippen MR) is 81.2 cm³/mol. The Morgan fingerprint density at radius 3 is 2.41 bits per heavy atom. The van der Waals surface area contributed by atoms with Crippen LogP contribution in [0.3, 0.4) is 0 Å².